The smallest absolute Gasteiger partial charge is 0.125 e. The van der Waals surface area contributed by atoms with E-state index in [1.807, 2.05) is 66.9 Å². The zero-order chi connectivity index (χ0) is 20.0. The molecule has 3 rings (SSSR count). The van der Waals surface area contributed by atoms with Gasteiger partial charge in [-0.05, 0) is 57.5 Å². The summed E-state index contributed by atoms with van der Waals surface area (Å²) in [5, 5.41) is 15.3. The molecule has 0 aliphatic heterocycles. The van der Waals surface area contributed by atoms with E-state index in [0.29, 0.717) is 6.61 Å². The molecule has 2 aromatic carbocycles. The van der Waals surface area contributed by atoms with Gasteiger partial charge in [0.25, 0.3) is 0 Å². The first-order valence-electron chi connectivity index (χ1n) is 9.83. The van der Waals surface area contributed by atoms with Gasteiger partial charge in [-0.15, -0.1) is 0 Å². The van der Waals surface area contributed by atoms with E-state index in [-0.39, 0.29) is 5.54 Å². The first-order valence-corrected chi connectivity index (χ1v) is 9.83. The van der Waals surface area contributed by atoms with Crippen molar-refractivity contribution < 1.29 is 9.84 Å². The summed E-state index contributed by atoms with van der Waals surface area (Å²) in [5.41, 5.74) is 3.05. The summed E-state index contributed by atoms with van der Waals surface area (Å²) < 4.78 is 5.94. The summed E-state index contributed by atoms with van der Waals surface area (Å²) in [6, 6.07) is 15.8. The number of hydrogen-bond acceptors (Lipinski definition) is 3. The number of aliphatic hydroxyl groups excluding tert-OH is 1. The number of aromatic amines is 1. The molecular weight excluding hydrogens is 348 g/mol. The first kappa shape index (κ1) is 20.2. The standard InChI is InChI=1S/C24H30N2O2/c1-24(2,3)26-15-7-17-28-23-11-5-4-9-20(23)22(27)13-12-18-8-6-10-21-19(18)14-16-25-21/h4-6,8-14,16,22,25-27H,7,15,17H2,1-3H3/b13-12+. The Balaban J connectivity index is 1.64. The average molecular weight is 379 g/mol. The highest BCUT2D eigenvalue weighted by Crippen LogP contribution is 2.27. The Morgan fingerprint density at radius 3 is 2.75 bits per heavy atom. The van der Waals surface area contributed by atoms with Crippen LogP contribution in [0.25, 0.3) is 17.0 Å². The highest BCUT2D eigenvalue weighted by molar-refractivity contribution is 5.88. The summed E-state index contributed by atoms with van der Waals surface area (Å²) in [7, 11) is 0. The zero-order valence-corrected chi connectivity index (χ0v) is 16.9. The number of aliphatic hydroxyl groups is 1. The van der Waals surface area contributed by atoms with Crippen LogP contribution in [-0.4, -0.2) is 28.8 Å². The first-order chi connectivity index (χ1) is 13.4. The van der Waals surface area contributed by atoms with E-state index in [2.05, 4.69) is 31.1 Å². The van der Waals surface area contributed by atoms with Crippen molar-refractivity contribution in [2.45, 2.75) is 38.8 Å². The Morgan fingerprint density at radius 2 is 1.93 bits per heavy atom. The fourth-order valence-corrected chi connectivity index (χ4v) is 3.13. The van der Waals surface area contributed by atoms with Gasteiger partial charge in [0.1, 0.15) is 11.9 Å². The minimum atomic E-state index is -0.724. The van der Waals surface area contributed by atoms with E-state index in [1.165, 1.54) is 0 Å². The minimum Gasteiger partial charge on any atom is -0.493 e. The Bertz CT molecular complexity index is 921. The van der Waals surface area contributed by atoms with Gasteiger partial charge in [-0.3, -0.25) is 0 Å². The largest absolute Gasteiger partial charge is 0.493 e. The Kier molecular flexibility index (Phi) is 6.55. The van der Waals surface area contributed by atoms with Crippen LogP contribution < -0.4 is 10.1 Å². The molecule has 0 fully saturated rings. The second-order valence-electron chi connectivity index (χ2n) is 8.01. The van der Waals surface area contributed by atoms with E-state index in [0.717, 1.165) is 40.7 Å². The van der Waals surface area contributed by atoms with Crippen LogP contribution in [-0.2, 0) is 0 Å². The van der Waals surface area contributed by atoms with Gasteiger partial charge in [-0.1, -0.05) is 42.5 Å². The molecule has 1 unspecified atom stereocenters. The van der Waals surface area contributed by atoms with Crippen LogP contribution in [0.4, 0.5) is 0 Å². The maximum absolute atomic E-state index is 10.7. The molecule has 0 saturated carbocycles. The monoisotopic (exact) mass is 378 g/mol. The van der Waals surface area contributed by atoms with E-state index >= 15 is 0 Å². The molecule has 1 heterocycles. The maximum atomic E-state index is 10.7. The third-order valence-electron chi connectivity index (χ3n) is 4.56. The number of aromatic nitrogens is 1. The normalized spacial score (nSPS) is 13.3. The van der Waals surface area contributed by atoms with Crippen molar-refractivity contribution in [3.63, 3.8) is 0 Å². The third-order valence-corrected chi connectivity index (χ3v) is 4.56. The molecule has 0 aliphatic rings. The zero-order valence-electron chi connectivity index (χ0n) is 16.9. The summed E-state index contributed by atoms with van der Waals surface area (Å²) in [6.45, 7) is 7.97. The lowest BCUT2D eigenvalue weighted by Crippen LogP contribution is -2.36. The van der Waals surface area contributed by atoms with Crippen molar-refractivity contribution in [2.75, 3.05) is 13.2 Å². The number of nitrogens with one attached hydrogen (secondary N) is 2. The number of H-pyrrole nitrogens is 1. The van der Waals surface area contributed by atoms with Gasteiger partial charge in [0.2, 0.25) is 0 Å². The molecular formula is C24H30N2O2. The molecule has 0 radical (unpaired) electrons. The van der Waals surface area contributed by atoms with Crippen molar-refractivity contribution in [2.24, 2.45) is 0 Å². The molecule has 1 aromatic heterocycles. The van der Waals surface area contributed by atoms with Crippen LogP contribution in [0.15, 0.2) is 60.8 Å². The molecule has 148 valence electrons. The topological polar surface area (TPSA) is 57.3 Å². The predicted molar refractivity (Wildman–Crippen MR) is 117 cm³/mol. The van der Waals surface area contributed by atoms with Crippen molar-refractivity contribution in [3.8, 4) is 5.75 Å². The van der Waals surface area contributed by atoms with Crippen molar-refractivity contribution >= 4 is 17.0 Å². The minimum absolute atomic E-state index is 0.112. The Morgan fingerprint density at radius 1 is 1.11 bits per heavy atom. The van der Waals surface area contributed by atoms with Crippen LogP contribution >= 0.6 is 0 Å². The quantitative estimate of drug-likeness (QED) is 0.480. The van der Waals surface area contributed by atoms with Crippen molar-refractivity contribution in [1.82, 2.24) is 10.3 Å². The van der Waals surface area contributed by atoms with Gasteiger partial charge in [-0.2, -0.15) is 0 Å². The number of hydrogen-bond donors (Lipinski definition) is 3. The molecule has 4 heteroatoms. The molecule has 0 saturated heterocycles. The second kappa shape index (κ2) is 9.09. The van der Waals surface area contributed by atoms with Gasteiger partial charge >= 0.3 is 0 Å². The Hall–Kier alpha value is -2.56. The molecule has 0 spiro atoms. The predicted octanol–water partition coefficient (Wildman–Crippen LogP) is 5.07. The fraction of sp³-hybridized carbons (Fsp3) is 0.333. The number of fused-ring (bicyclic) bond motifs is 1. The SMILES string of the molecule is CC(C)(C)NCCCOc1ccccc1C(O)/C=C/c1cccc2[nH]ccc12. The number of benzene rings is 2. The van der Waals surface area contributed by atoms with E-state index in [1.54, 1.807) is 0 Å². The summed E-state index contributed by atoms with van der Waals surface area (Å²) in [5.74, 6) is 0.732. The average Bonchev–Trinajstić information content (AvgIpc) is 3.14. The van der Waals surface area contributed by atoms with Crippen LogP contribution in [0.2, 0.25) is 0 Å². The van der Waals surface area contributed by atoms with E-state index < -0.39 is 6.10 Å². The van der Waals surface area contributed by atoms with Gasteiger partial charge in [-0.25, -0.2) is 0 Å². The van der Waals surface area contributed by atoms with E-state index in [4.69, 9.17) is 4.74 Å². The molecule has 0 amide bonds. The van der Waals surface area contributed by atoms with E-state index in [9.17, 15) is 5.11 Å². The molecule has 3 aromatic rings. The molecule has 0 bridgehead atoms. The molecule has 1 atom stereocenters. The van der Waals surface area contributed by atoms with Crippen LogP contribution in [0.5, 0.6) is 5.75 Å². The van der Waals surface area contributed by atoms with Gasteiger partial charge in [0.05, 0.1) is 6.61 Å². The molecule has 4 nitrogen and oxygen atoms in total. The molecule has 3 N–H and O–H groups in total. The van der Waals surface area contributed by atoms with Crippen LogP contribution in [0.3, 0.4) is 0 Å². The third kappa shape index (κ3) is 5.47. The van der Waals surface area contributed by atoms with Gasteiger partial charge in [0, 0.05) is 28.2 Å². The summed E-state index contributed by atoms with van der Waals surface area (Å²) in [4.78, 5) is 3.21. The summed E-state index contributed by atoms with van der Waals surface area (Å²) >= 11 is 0. The second-order valence-corrected chi connectivity index (χ2v) is 8.01. The van der Waals surface area contributed by atoms with Crippen LogP contribution in [0, 0.1) is 0 Å². The number of rotatable bonds is 8. The highest BCUT2D eigenvalue weighted by Gasteiger charge is 2.11. The maximum Gasteiger partial charge on any atom is 0.125 e. The number of ether oxygens (including phenoxy) is 1. The lowest BCUT2D eigenvalue weighted by Gasteiger charge is -2.20. The molecule has 28 heavy (non-hydrogen) atoms. The lowest BCUT2D eigenvalue weighted by atomic mass is 10.0. The molecule has 0 aliphatic carbocycles. The van der Waals surface area contributed by atoms with Crippen LogP contribution in [0.1, 0.15) is 44.4 Å². The Labute approximate surface area is 167 Å². The number of para-hydroxylation sites is 1. The van der Waals surface area contributed by atoms with Gasteiger partial charge < -0.3 is 20.1 Å². The van der Waals surface area contributed by atoms with Gasteiger partial charge in [0.15, 0.2) is 0 Å². The van der Waals surface area contributed by atoms with Crippen molar-refractivity contribution in [1.29, 1.82) is 0 Å². The van der Waals surface area contributed by atoms with Crippen molar-refractivity contribution in [3.05, 3.63) is 71.9 Å². The lowest BCUT2D eigenvalue weighted by molar-refractivity contribution is 0.218. The fourth-order valence-electron chi connectivity index (χ4n) is 3.13. The summed E-state index contributed by atoms with van der Waals surface area (Å²) in [6.07, 6.45) is 5.89. The highest BCUT2D eigenvalue weighted by atomic mass is 16.5.